The van der Waals surface area contributed by atoms with Crippen molar-refractivity contribution in [3.63, 3.8) is 0 Å². The van der Waals surface area contributed by atoms with Gasteiger partial charge in [-0.3, -0.25) is 5.01 Å². The lowest BCUT2D eigenvalue weighted by Crippen LogP contribution is -2.34. The summed E-state index contributed by atoms with van der Waals surface area (Å²) in [7, 11) is 2.05. The van der Waals surface area contributed by atoms with Gasteiger partial charge in [-0.25, -0.2) is 0 Å². The molecule has 2 heteroatoms. The van der Waals surface area contributed by atoms with E-state index in [1.54, 1.807) is 0 Å². The van der Waals surface area contributed by atoms with E-state index >= 15 is 0 Å². The average molecular weight is 202 g/mol. The van der Waals surface area contributed by atoms with Crippen LogP contribution < -0.4 is 0 Å². The second-order valence-corrected chi connectivity index (χ2v) is 4.68. The van der Waals surface area contributed by atoms with Crippen molar-refractivity contribution in [1.29, 1.82) is 0 Å². The minimum atomic E-state index is 0.0395. The lowest BCUT2D eigenvalue weighted by atomic mass is 9.87. The van der Waals surface area contributed by atoms with Gasteiger partial charge in [0, 0.05) is 19.2 Å². The number of nitrogens with zero attached hydrogens (tertiary/aromatic N) is 2. The van der Waals surface area contributed by atoms with Crippen LogP contribution in [0.15, 0.2) is 29.4 Å². The maximum atomic E-state index is 4.49. The Bertz CT molecular complexity index is 392. The Kier molecular flexibility index (Phi) is 2.29. The predicted octanol–water partition coefficient (Wildman–Crippen LogP) is 2.92. The summed E-state index contributed by atoms with van der Waals surface area (Å²) in [6, 6.07) is 8.75. The highest BCUT2D eigenvalue weighted by atomic mass is 15.5. The van der Waals surface area contributed by atoms with Crippen LogP contribution in [0.1, 0.15) is 31.4 Å². The molecule has 0 aliphatic carbocycles. The summed E-state index contributed by atoms with van der Waals surface area (Å²) < 4.78 is 0. The first-order valence-corrected chi connectivity index (χ1v) is 5.37. The summed E-state index contributed by atoms with van der Waals surface area (Å²) >= 11 is 0. The van der Waals surface area contributed by atoms with Crippen molar-refractivity contribution in [2.24, 2.45) is 5.10 Å². The molecule has 0 saturated carbocycles. The maximum absolute atomic E-state index is 4.49. The SMILES string of the molecule is CC1=NN(C)C(C)(c2ccc(C)cc2)C1. The molecular weight excluding hydrogens is 184 g/mol. The standard InChI is InChI=1S/C13H18N2/c1-10-5-7-12(8-6-10)13(3)9-11(2)14-15(13)4/h5-8H,9H2,1-4H3. The fourth-order valence-corrected chi connectivity index (χ4v) is 2.22. The molecule has 0 aromatic heterocycles. The number of rotatable bonds is 1. The molecule has 1 aliphatic rings. The first-order chi connectivity index (χ1) is 7.02. The third-order valence-corrected chi connectivity index (χ3v) is 3.31. The lowest BCUT2D eigenvalue weighted by molar-refractivity contribution is 0.174. The van der Waals surface area contributed by atoms with Crippen molar-refractivity contribution in [2.75, 3.05) is 7.05 Å². The van der Waals surface area contributed by atoms with Gasteiger partial charge in [0.1, 0.15) is 0 Å². The van der Waals surface area contributed by atoms with Gasteiger partial charge < -0.3 is 0 Å². The third-order valence-electron chi connectivity index (χ3n) is 3.31. The predicted molar refractivity (Wildman–Crippen MR) is 64.0 cm³/mol. The highest BCUT2D eigenvalue weighted by Gasteiger charge is 2.35. The summed E-state index contributed by atoms with van der Waals surface area (Å²) in [6.45, 7) is 6.46. The molecule has 1 aliphatic heterocycles. The average Bonchev–Trinajstić information content (AvgIpc) is 2.42. The Morgan fingerprint density at radius 2 is 1.80 bits per heavy atom. The highest BCUT2D eigenvalue weighted by Crippen LogP contribution is 2.35. The van der Waals surface area contributed by atoms with E-state index in [2.05, 4.69) is 62.2 Å². The molecule has 0 saturated heterocycles. The van der Waals surface area contributed by atoms with Crippen LogP contribution >= 0.6 is 0 Å². The van der Waals surface area contributed by atoms with Crippen molar-refractivity contribution in [2.45, 2.75) is 32.7 Å². The molecule has 2 nitrogen and oxygen atoms in total. The summed E-state index contributed by atoms with van der Waals surface area (Å²) in [5, 5.41) is 6.57. The molecule has 1 atom stereocenters. The molecule has 1 unspecified atom stereocenters. The molecule has 80 valence electrons. The van der Waals surface area contributed by atoms with E-state index in [0.717, 1.165) is 6.42 Å². The molecule has 2 rings (SSSR count). The highest BCUT2D eigenvalue weighted by molar-refractivity contribution is 5.84. The molecule has 0 radical (unpaired) electrons. The normalized spacial score (nSPS) is 25.6. The summed E-state index contributed by atoms with van der Waals surface area (Å²) in [4.78, 5) is 0. The van der Waals surface area contributed by atoms with Crippen LogP contribution in [0.2, 0.25) is 0 Å². The van der Waals surface area contributed by atoms with Gasteiger partial charge in [-0.05, 0) is 26.3 Å². The van der Waals surface area contributed by atoms with Crippen LogP contribution in [0, 0.1) is 6.92 Å². The van der Waals surface area contributed by atoms with Gasteiger partial charge in [-0.1, -0.05) is 29.8 Å². The van der Waals surface area contributed by atoms with Crippen LogP contribution in [0.4, 0.5) is 0 Å². The van der Waals surface area contributed by atoms with E-state index in [9.17, 15) is 0 Å². The van der Waals surface area contributed by atoms with Gasteiger partial charge >= 0.3 is 0 Å². The molecule has 1 heterocycles. The first kappa shape index (κ1) is 10.2. The molecule has 1 aromatic rings. The number of hydrogen-bond acceptors (Lipinski definition) is 2. The Balaban J connectivity index is 2.35. The minimum Gasteiger partial charge on any atom is -0.290 e. The Labute approximate surface area is 91.6 Å². The minimum absolute atomic E-state index is 0.0395. The maximum Gasteiger partial charge on any atom is 0.0848 e. The largest absolute Gasteiger partial charge is 0.290 e. The zero-order chi connectivity index (χ0) is 11.1. The number of aryl methyl sites for hydroxylation is 1. The van der Waals surface area contributed by atoms with Crippen LogP contribution in [0.5, 0.6) is 0 Å². The quantitative estimate of drug-likeness (QED) is 0.683. The van der Waals surface area contributed by atoms with Gasteiger partial charge in [-0.2, -0.15) is 5.10 Å². The van der Waals surface area contributed by atoms with Crippen LogP contribution in [-0.2, 0) is 5.54 Å². The van der Waals surface area contributed by atoms with Gasteiger partial charge in [-0.15, -0.1) is 0 Å². The van der Waals surface area contributed by atoms with E-state index < -0.39 is 0 Å². The van der Waals surface area contributed by atoms with Gasteiger partial charge in [0.2, 0.25) is 0 Å². The molecule has 1 aromatic carbocycles. The second kappa shape index (κ2) is 3.37. The van der Waals surface area contributed by atoms with E-state index in [0.29, 0.717) is 0 Å². The zero-order valence-corrected chi connectivity index (χ0v) is 9.91. The van der Waals surface area contributed by atoms with Crippen LogP contribution in [0.25, 0.3) is 0 Å². The monoisotopic (exact) mass is 202 g/mol. The number of benzene rings is 1. The smallest absolute Gasteiger partial charge is 0.0848 e. The molecule has 0 fully saturated rings. The summed E-state index contributed by atoms with van der Waals surface area (Å²) in [5.41, 5.74) is 3.90. The van der Waals surface area contributed by atoms with Crippen molar-refractivity contribution in [3.05, 3.63) is 35.4 Å². The van der Waals surface area contributed by atoms with Crippen molar-refractivity contribution >= 4 is 5.71 Å². The van der Waals surface area contributed by atoms with Gasteiger partial charge in [0.25, 0.3) is 0 Å². The van der Waals surface area contributed by atoms with Crippen molar-refractivity contribution < 1.29 is 0 Å². The van der Waals surface area contributed by atoms with E-state index in [1.165, 1.54) is 16.8 Å². The van der Waals surface area contributed by atoms with Gasteiger partial charge in [0.15, 0.2) is 0 Å². The van der Waals surface area contributed by atoms with Crippen LogP contribution in [0.3, 0.4) is 0 Å². The Morgan fingerprint density at radius 1 is 1.20 bits per heavy atom. The molecule has 0 spiro atoms. The second-order valence-electron chi connectivity index (χ2n) is 4.68. The topological polar surface area (TPSA) is 15.6 Å². The Morgan fingerprint density at radius 3 is 2.27 bits per heavy atom. The summed E-state index contributed by atoms with van der Waals surface area (Å²) in [6.07, 6.45) is 1.02. The summed E-state index contributed by atoms with van der Waals surface area (Å²) in [5.74, 6) is 0. The zero-order valence-electron chi connectivity index (χ0n) is 9.91. The number of hydrogen-bond donors (Lipinski definition) is 0. The fraction of sp³-hybridized carbons (Fsp3) is 0.462. The van der Waals surface area contributed by atoms with Crippen molar-refractivity contribution in [1.82, 2.24) is 5.01 Å². The lowest BCUT2D eigenvalue weighted by Gasteiger charge is -2.32. The Hall–Kier alpha value is -1.31. The first-order valence-electron chi connectivity index (χ1n) is 5.37. The molecular formula is C13H18N2. The van der Waals surface area contributed by atoms with E-state index in [1.807, 2.05) is 0 Å². The van der Waals surface area contributed by atoms with Crippen molar-refractivity contribution in [3.8, 4) is 0 Å². The van der Waals surface area contributed by atoms with E-state index in [-0.39, 0.29) is 5.54 Å². The number of hydrazone groups is 1. The molecule has 0 amide bonds. The fourth-order valence-electron chi connectivity index (χ4n) is 2.22. The molecule has 0 N–H and O–H groups in total. The van der Waals surface area contributed by atoms with Crippen LogP contribution in [-0.4, -0.2) is 17.8 Å². The third kappa shape index (κ3) is 1.65. The van der Waals surface area contributed by atoms with E-state index in [4.69, 9.17) is 0 Å². The molecule has 0 bridgehead atoms. The molecule has 15 heavy (non-hydrogen) atoms. The van der Waals surface area contributed by atoms with Gasteiger partial charge in [0.05, 0.1) is 5.54 Å².